The Morgan fingerprint density at radius 2 is 0.833 bits per heavy atom. The van der Waals surface area contributed by atoms with E-state index in [2.05, 4.69) is 168 Å². The van der Waals surface area contributed by atoms with Gasteiger partial charge in [0.05, 0.1) is 11.0 Å². The molecule has 14 rings (SSSR count). The Balaban J connectivity index is 1.05. The van der Waals surface area contributed by atoms with Crippen molar-refractivity contribution < 1.29 is 0 Å². The Kier molecular flexibility index (Phi) is 6.41. The normalized spacial score (nSPS) is 12.3. The molecule has 0 aliphatic heterocycles. The van der Waals surface area contributed by atoms with Gasteiger partial charge in [0.1, 0.15) is 0 Å². The van der Waals surface area contributed by atoms with E-state index in [1.807, 2.05) is 18.2 Å². The van der Waals surface area contributed by atoms with Crippen LogP contribution in [-0.2, 0) is 0 Å². The third-order valence-corrected chi connectivity index (χ3v) is 13.9. The molecule has 0 unspecified atom stereocenters. The van der Waals surface area contributed by atoms with Crippen molar-refractivity contribution in [2.24, 2.45) is 0 Å². The van der Waals surface area contributed by atoms with Crippen LogP contribution < -0.4 is 0 Å². The molecule has 0 spiro atoms. The molecule has 0 amide bonds. The van der Waals surface area contributed by atoms with Crippen LogP contribution in [0.5, 0.6) is 0 Å². The Bertz CT molecular complexity index is 4070. The second-order valence-electron chi connectivity index (χ2n) is 15.9. The highest BCUT2D eigenvalue weighted by Crippen LogP contribution is 2.50. The van der Waals surface area contributed by atoms with Gasteiger partial charge in [-0.15, -0.1) is 11.3 Å². The van der Waals surface area contributed by atoms with E-state index in [4.69, 9.17) is 15.0 Å². The summed E-state index contributed by atoms with van der Waals surface area (Å²) in [7, 11) is 0. The van der Waals surface area contributed by atoms with Crippen LogP contribution in [-0.4, -0.2) is 19.5 Å². The van der Waals surface area contributed by atoms with Crippen LogP contribution in [0.25, 0.3) is 136 Å². The highest BCUT2D eigenvalue weighted by molar-refractivity contribution is 7.25. The zero-order valence-corrected chi connectivity index (χ0v) is 32.8. The second-order valence-corrected chi connectivity index (χ2v) is 17.0. The molecular formula is C55H30N4S. The lowest BCUT2D eigenvalue weighted by Gasteiger charge is -2.13. The van der Waals surface area contributed by atoms with Gasteiger partial charge < -0.3 is 4.57 Å². The summed E-state index contributed by atoms with van der Waals surface area (Å²) < 4.78 is 4.96. The van der Waals surface area contributed by atoms with Crippen molar-refractivity contribution in [1.82, 2.24) is 19.5 Å². The van der Waals surface area contributed by atoms with Gasteiger partial charge in [0.25, 0.3) is 0 Å². The van der Waals surface area contributed by atoms with Gasteiger partial charge in [-0.3, -0.25) is 0 Å². The lowest BCUT2D eigenvalue weighted by Crippen LogP contribution is -2.01. The van der Waals surface area contributed by atoms with E-state index < -0.39 is 0 Å². The number of rotatable bonds is 4. The third kappa shape index (κ3) is 4.36. The predicted octanol–water partition coefficient (Wildman–Crippen LogP) is 15.0. The molecular weight excluding hydrogens is 749 g/mol. The van der Waals surface area contributed by atoms with Crippen LogP contribution in [0.1, 0.15) is 0 Å². The number of benzene rings is 9. The van der Waals surface area contributed by atoms with E-state index >= 15 is 0 Å². The molecule has 0 aliphatic rings. The quantitative estimate of drug-likeness (QED) is 0.179. The average Bonchev–Trinajstić information content (AvgIpc) is 3.94. The molecule has 11 aromatic carbocycles. The van der Waals surface area contributed by atoms with E-state index in [1.165, 1.54) is 95.8 Å². The van der Waals surface area contributed by atoms with Gasteiger partial charge in [0.2, 0.25) is 0 Å². The lowest BCUT2D eigenvalue weighted by molar-refractivity contribution is 1.07. The smallest absolute Gasteiger partial charge is 0.164 e. The predicted molar refractivity (Wildman–Crippen MR) is 253 cm³/mol. The van der Waals surface area contributed by atoms with Crippen LogP contribution >= 0.6 is 11.3 Å². The van der Waals surface area contributed by atoms with Gasteiger partial charge in [-0.2, -0.15) is 0 Å². The minimum atomic E-state index is 0.638. The van der Waals surface area contributed by atoms with Crippen molar-refractivity contribution in [1.29, 1.82) is 0 Å². The summed E-state index contributed by atoms with van der Waals surface area (Å²) in [5, 5.41) is 18.1. The average molecular weight is 779 g/mol. The fraction of sp³-hybridized carbons (Fsp3) is 0. The highest BCUT2D eigenvalue weighted by atomic mass is 32.1. The first-order chi connectivity index (χ1) is 29.7. The molecule has 0 aliphatic carbocycles. The number of aromatic nitrogens is 4. The number of thiophene rings is 1. The molecule has 4 nitrogen and oxygen atoms in total. The molecule has 276 valence electrons. The Labute approximate surface area is 346 Å². The maximum Gasteiger partial charge on any atom is 0.164 e. The molecule has 5 heteroatoms. The van der Waals surface area contributed by atoms with E-state index in [-0.39, 0.29) is 0 Å². The molecule has 3 aromatic heterocycles. The van der Waals surface area contributed by atoms with Crippen molar-refractivity contribution in [2.75, 3.05) is 0 Å². The maximum atomic E-state index is 5.24. The van der Waals surface area contributed by atoms with Gasteiger partial charge >= 0.3 is 0 Å². The maximum absolute atomic E-state index is 5.24. The van der Waals surface area contributed by atoms with Crippen molar-refractivity contribution in [3.05, 3.63) is 182 Å². The SMILES string of the molecule is c1ccc(-c2nc(-c3cccc(-n4c5cccc6c7ccccc7c7ccc8c9ccccc9c9cc4c(c7c89)c65)c3)nc(-c3ccc4c(c3)sc3ccccc34)n2)cc1. The summed E-state index contributed by atoms with van der Waals surface area (Å²) in [6.07, 6.45) is 0. The first-order valence-electron chi connectivity index (χ1n) is 20.4. The van der Waals surface area contributed by atoms with Crippen molar-refractivity contribution >= 4 is 107 Å². The van der Waals surface area contributed by atoms with Gasteiger partial charge in [0.15, 0.2) is 17.5 Å². The number of fused-ring (bicyclic) bond motifs is 9. The zero-order valence-electron chi connectivity index (χ0n) is 32.0. The fourth-order valence-corrected chi connectivity index (χ4v) is 11.3. The first kappa shape index (κ1) is 32.3. The van der Waals surface area contributed by atoms with E-state index in [0.29, 0.717) is 17.5 Å². The van der Waals surface area contributed by atoms with Gasteiger partial charge in [-0.05, 0) is 84.9 Å². The third-order valence-electron chi connectivity index (χ3n) is 12.7. The molecule has 0 fully saturated rings. The minimum Gasteiger partial charge on any atom is -0.309 e. The summed E-state index contributed by atoms with van der Waals surface area (Å²) >= 11 is 1.80. The number of hydrogen-bond donors (Lipinski definition) is 0. The van der Waals surface area contributed by atoms with Gasteiger partial charge in [-0.25, -0.2) is 15.0 Å². The Hall–Kier alpha value is -7.73. The monoisotopic (exact) mass is 778 g/mol. The molecule has 3 heterocycles. The van der Waals surface area contributed by atoms with Crippen molar-refractivity contribution in [2.45, 2.75) is 0 Å². The lowest BCUT2D eigenvalue weighted by atomic mass is 9.97. The zero-order chi connectivity index (χ0) is 39.1. The topological polar surface area (TPSA) is 43.6 Å². The summed E-state index contributed by atoms with van der Waals surface area (Å²) in [6, 6.07) is 65.9. The number of nitrogens with zero attached hydrogens (tertiary/aromatic N) is 4. The molecule has 60 heavy (non-hydrogen) atoms. The first-order valence-corrected chi connectivity index (χ1v) is 21.2. The summed E-state index contributed by atoms with van der Waals surface area (Å²) in [6.45, 7) is 0. The largest absolute Gasteiger partial charge is 0.309 e. The van der Waals surface area contributed by atoms with E-state index in [9.17, 15) is 0 Å². The van der Waals surface area contributed by atoms with Crippen LogP contribution in [0, 0.1) is 0 Å². The minimum absolute atomic E-state index is 0.638. The van der Waals surface area contributed by atoms with Crippen LogP contribution in [0.2, 0.25) is 0 Å². The van der Waals surface area contributed by atoms with Crippen molar-refractivity contribution in [3.63, 3.8) is 0 Å². The molecule has 0 saturated heterocycles. The molecule has 0 atom stereocenters. The highest BCUT2D eigenvalue weighted by Gasteiger charge is 2.25. The van der Waals surface area contributed by atoms with Crippen LogP contribution in [0.15, 0.2) is 182 Å². The van der Waals surface area contributed by atoms with Crippen molar-refractivity contribution in [3.8, 4) is 39.9 Å². The number of hydrogen-bond acceptors (Lipinski definition) is 4. The van der Waals surface area contributed by atoms with E-state index in [1.54, 1.807) is 11.3 Å². The molecule has 0 N–H and O–H groups in total. The molecule has 0 saturated carbocycles. The molecule has 0 radical (unpaired) electrons. The standard InChI is InChI=1S/C55H30N4S/c1-2-12-31(13-3-1)53-56-54(58-55(57-53)33-24-25-40-39-20-8-9-23-47(39)60-48(40)29-33)32-14-10-15-34(28-32)59-45-22-11-21-41-35-16-4-5-17-36(35)43-27-26-42-37-18-6-7-19-38(37)44-30-46(59)52(50(41)45)51(43)49(42)44/h1-30H. The van der Waals surface area contributed by atoms with E-state index in [0.717, 1.165) is 22.4 Å². The molecule has 14 aromatic rings. The van der Waals surface area contributed by atoms with Gasteiger partial charge in [0, 0.05) is 58.7 Å². The summed E-state index contributed by atoms with van der Waals surface area (Å²) in [4.78, 5) is 15.5. The van der Waals surface area contributed by atoms with Gasteiger partial charge in [-0.1, -0.05) is 146 Å². The Morgan fingerprint density at radius 3 is 1.58 bits per heavy atom. The Morgan fingerprint density at radius 1 is 0.300 bits per heavy atom. The second kappa shape index (κ2) is 11.9. The molecule has 0 bridgehead atoms. The summed E-state index contributed by atoms with van der Waals surface area (Å²) in [5.74, 6) is 1.94. The fourth-order valence-electron chi connectivity index (χ4n) is 10.2. The van der Waals surface area contributed by atoms with Crippen LogP contribution in [0.4, 0.5) is 0 Å². The van der Waals surface area contributed by atoms with Crippen LogP contribution in [0.3, 0.4) is 0 Å². The summed E-state index contributed by atoms with van der Waals surface area (Å²) in [5.41, 5.74) is 6.28.